The molecule has 1 aliphatic rings. The SMILES string of the molecule is CN=C(NCc1ccccc1C)NCC1CCN(Cc2csc(C)n2)CC1.I. The van der Waals surface area contributed by atoms with Gasteiger partial charge in [0, 0.05) is 32.1 Å². The Morgan fingerprint density at radius 3 is 2.61 bits per heavy atom. The summed E-state index contributed by atoms with van der Waals surface area (Å²) in [6.07, 6.45) is 2.45. The highest BCUT2D eigenvalue weighted by Crippen LogP contribution is 2.19. The van der Waals surface area contributed by atoms with Gasteiger partial charge in [-0.15, -0.1) is 35.3 Å². The molecule has 0 saturated carbocycles. The van der Waals surface area contributed by atoms with Gasteiger partial charge in [0.2, 0.25) is 0 Å². The van der Waals surface area contributed by atoms with Crippen LogP contribution in [0.2, 0.25) is 0 Å². The van der Waals surface area contributed by atoms with E-state index < -0.39 is 0 Å². The Morgan fingerprint density at radius 1 is 1.21 bits per heavy atom. The summed E-state index contributed by atoms with van der Waals surface area (Å²) in [5, 5.41) is 10.3. The Hall–Kier alpha value is -1.19. The van der Waals surface area contributed by atoms with Crippen LogP contribution < -0.4 is 10.6 Å². The summed E-state index contributed by atoms with van der Waals surface area (Å²) >= 11 is 1.74. The first-order valence-electron chi connectivity index (χ1n) is 9.76. The fraction of sp³-hybridized carbons (Fsp3) is 0.524. The van der Waals surface area contributed by atoms with E-state index >= 15 is 0 Å². The Morgan fingerprint density at radius 2 is 1.96 bits per heavy atom. The third-order valence-corrected chi connectivity index (χ3v) is 6.07. The minimum Gasteiger partial charge on any atom is -0.356 e. The third kappa shape index (κ3) is 7.00. The van der Waals surface area contributed by atoms with Crippen LogP contribution in [-0.4, -0.2) is 42.5 Å². The molecule has 0 bridgehead atoms. The molecule has 1 aromatic carbocycles. The van der Waals surface area contributed by atoms with Crippen LogP contribution >= 0.6 is 35.3 Å². The summed E-state index contributed by atoms with van der Waals surface area (Å²) < 4.78 is 0. The van der Waals surface area contributed by atoms with Crippen LogP contribution in [-0.2, 0) is 13.1 Å². The van der Waals surface area contributed by atoms with E-state index in [9.17, 15) is 0 Å². The minimum absolute atomic E-state index is 0. The maximum Gasteiger partial charge on any atom is 0.191 e. The second-order valence-corrected chi connectivity index (χ2v) is 8.37. The maximum absolute atomic E-state index is 4.59. The summed E-state index contributed by atoms with van der Waals surface area (Å²) in [5.74, 6) is 1.59. The zero-order chi connectivity index (χ0) is 19.1. The standard InChI is InChI=1S/C21H31N5S.HI/c1-16-6-4-5-7-19(16)13-24-21(22-3)23-12-18-8-10-26(11-9-18)14-20-15-27-17(2)25-20;/h4-7,15,18H,8-14H2,1-3H3,(H2,22,23,24);1H. The number of nitrogens with one attached hydrogen (secondary N) is 2. The normalized spacial score (nSPS) is 15.9. The number of rotatable bonds is 6. The zero-order valence-corrected chi connectivity index (χ0v) is 20.2. The van der Waals surface area contributed by atoms with Crippen molar-refractivity contribution in [2.45, 2.75) is 39.8 Å². The minimum atomic E-state index is 0. The number of thiazole rings is 1. The smallest absolute Gasteiger partial charge is 0.191 e. The highest BCUT2D eigenvalue weighted by atomic mass is 127. The van der Waals surface area contributed by atoms with Gasteiger partial charge in [-0.1, -0.05) is 24.3 Å². The van der Waals surface area contributed by atoms with Crippen LogP contribution in [0.4, 0.5) is 0 Å². The molecule has 2 heterocycles. The molecule has 0 aliphatic carbocycles. The monoisotopic (exact) mass is 513 g/mol. The zero-order valence-electron chi connectivity index (χ0n) is 17.1. The first kappa shape index (κ1) is 23.1. The van der Waals surface area contributed by atoms with Gasteiger partial charge in [-0.25, -0.2) is 4.98 Å². The second kappa shape index (κ2) is 11.7. The van der Waals surface area contributed by atoms with Gasteiger partial charge >= 0.3 is 0 Å². The summed E-state index contributed by atoms with van der Waals surface area (Å²) in [7, 11) is 1.84. The lowest BCUT2D eigenvalue weighted by atomic mass is 9.97. The molecule has 1 aliphatic heterocycles. The number of benzene rings is 1. The topological polar surface area (TPSA) is 52.6 Å². The summed E-state index contributed by atoms with van der Waals surface area (Å²) in [6, 6.07) is 8.47. The molecule has 0 spiro atoms. The number of nitrogens with zero attached hydrogens (tertiary/aromatic N) is 3. The number of aromatic nitrogens is 1. The molecule has 3 rings (SSSR count). The van der Waals surface area contributed by atoms with E-state index in [4.69, 9.17) is 0 Å². The molecule has 1 fully saturated rings. The fourth-order valence-electron chi connectivity index (χ4n) is 3.51. The average molecular weight is 513 g/mol. The van der Waals surface area contributed by atoms with Crippen LogP contribution in [0.25, 0.3) is 0 Å². The molecule has 0 radical (unpaired) electrons. The highest BCUT2D eigenvalue weighted by Gasteiger charge is 2.20. The average Bonchev–Trinajstić information content (AvgIpc) is 3.09. The van der Waals surface area contributed by atoms with Gasteiger partial charge in [-0.2, -0.15) is 0 Å². The number of halogens is 1. The Balaban J connectivity index is 0.00000280. The third-order valence-electron chi connectivity index (χ3n) is 5.25. The van der Waals surface area contributed by atoms with E-state index in [1.54, 1.807) is 11.3 Å². The van der Waals surface area contributed by atoms with Crippen molar-refractivity contribution < 1.29 is 0 Å². The Labute approximate surface area is 190 Å². The number of hydrogen-bond donors (Lipinski definition) is 2. The van der Waals surface area contributed by atoms with Gasteiger partial charge in [0.1, 0.15) is 0 Å². The highest BCUT2D eigenvalue weighted by molar-refractivity contribution is 14.0. The largest absolute Gasteiger partial charge is 0.356 e. The van der Waals surface area contributed by atoms with Crippen LogP contribution in [0.15, 0.2) is 34.6 Å². The lowest BCUT2D eigenvalue weighted by Gasteiger charge is -2.31. The van der Waals surface area contributed by atoms with Gasteiger partial charge < -0.3 is 10.6 Å². The quantitative estimate of drug-likeness (QED) is 0.349. The van der Waals surface area contributed by atoms with Gasteiger partial charge in [0.15, 0.2) is 5.96 Å². The molecule has 5 nitrogen and oxygen atoms in total. The molecule has 1 aromatic heterocycles. The molecule has 0 unspecified atom stereocenters. The Bertz CT molecular complexity index is 753. The number of hydrogen-bond acceptors (Lipinski definition) is 4. The van der Waals surface area contributed by atoms with Crippen molar-refractivity contribution in [1.29, 1.82) is 0 Å². The molecular weight excluding hydrogens is 481 g/mol. The first-order valence-corrected chi connectivity index (χ1v) is 10.6. The maximum atomic E-state index is 4.59. The van der Waals surface area contributed by atoms with Crippen LogP contribution in [0, 0.1) is 19.8 Å². The molecule has 2 N–H and O–H groups in total. The van der Waals surface area contributed by atoms with Gasteiger partial charge in [0.25, 0.3) is 0 Å². The second-order valence-electron chi connectivity index (χ2n) is 7.31. The first-order chi connectivity index (χ1) is 13.1. The van der Waals surface area contributed by atoms with Gasteiger partial charge in [-0.3, -0.25) is 9.89 Å². The van der Waals surface area contributed by atoms with Crippen molar-refractivity contribution in [3.8, 4) is 0 Å². The van der Waals surface area contributed by atoms with E-state index in [2.05, 4.69) is 69.0 Å². The van der Waals surface area contributed by atoms with Gasteiger partial charge in [0.05, 0.1) is 10.7 Å². The van der Waals surface area contributed by atoms with Crippen LogP contribution in [0.1, 0.15) is 34.7 Å². The van der Waals surface area contributed by atoms with Crippen molar-refractivity contribution in [2.75, 3.05) is 26.7 Å². The van der Waals surface area contributed by atoms with Crippen molar-refractivity contribution in [2.24, 2.45) is 10.9 Å². The number of piperidine rings is 1. The molecule has 0 amide bonds. The number of aryl methyl sites for hydroxylation is 2. The molecular formula is C21H32IN5S. The molecule has 0 atom stereocenters. The number of aliphatic imine (C=N–C) groups is 1. The number of likely N-dealkylation sites (tertiary alicyclic amines) is 1. The van der Waals surface area contributed by atoms with Crippen LogP contribution in [0.5, 0.6) is 0 Å². The van der Waals surface area contributed by atoms with Gasteiger partial charge in [-0.05, 0) is 56.8 Å². The summed E-state index contributed by atoms with van der Waals surface area (Å²) in [4.78, 5) is 11.5. The van der Waals surface area contributed by atoms with E-state index in [0.29, 0.717) is 5.92 Å². The summed E-state index contributed by atoms with van der Waals surface area (Å²) in [6.45, 7) is 9.30. The lowest BCUT2D eigenvalue weighted by Crippen LogP contribution is -2.42. The van der Waals surface area contributed by atoms with Crippen LogP contribution in [0.3, 0.4) is 0 Å². The van der Waals surface area contributed by atoms with E-state index in [0.717, 1.165) is 43.7 Å². The number of guanidine groups is 1. The van der Waals surface area contributed by atoms with Crippen molar-refractivity contribution in [3.05, 3.63) is 51.5 Å². The fourth-order valence-corrected chi connectivity index (χ4v) is 4.11. The van der Waals surface area contributed by atoms with E-state index in [1.165, 1.54) is 29.7 Å². The lowest BCUT2D eigenvalue weighted by molar-refractivity contribution is 0.176. The van der Waals surface area contributed by atoms with Crippen molar-refractivity contribution in [3.63, 3.8) is 0 Å². The van der Waals surface area contributed by atoms with E-state index in [-0.39, 0.29) is 24.0 Å². The Kier molecular flexibility index (Phi) is 9.67. The van der Waals surface area contributed by atoms with Crippen molar-refractivity contribution >= 4 is 41.3 Å². The summed E-state index contributed by atoms with van der Waals surface area (Å²) in [5.41, 5.74) is 3.84. The molecule has 7 heteroatoms. The predicted octanol–water partition coefficient (Wildman–Crippen LogP) is 3.96. The van der Waals surface area contributed by atoms with Crippen molar-refractivity contribution in [1.82, 2.24) is 20.5 Å². The van der Waals surface area contributed by atoms with E-state index in [1.807, 2.05) is 7.05 Å². The molecule has 28 heavy (non-hydrogen) atoms. The molecule has 1 saturated heterocycles. The molecule has 154 valence electrons. The predicted molar refractivity (Wildman–Crippen MR) is 130 cm³/mol. The molecule has 2 aromatic rings.